The molecule has 2 heterocycles. The molecule has 1 aliphatic heterocycles. The van der Waals surface area contributed by atoms with Crippen LogP contribution < -0.4 is 10.4 Å². The highest BCUT2D eigenvalue weighted by Gasteiger charge is 2.26. The van der Waals surface area contributed by atoms with E-state index in [2.05, 4.69) is 20.6 Å². The normalized spacial score (nSPS) is 15.6. The Bertz CT molecular complexity index is 905. The number of carbonyl (C=O) groups is 1. The lowest BCUT2D eigenvalue weighted by Gasteiger charge is -2.15. The first-order valence-corrected chi connectivity index (χ1v) is 7.85. The van der Waals surface area contributed by atoms with Crippen molar-refractivity contribution in [1.29, 1.82) is 0 Å². The molecule has 1 N–H and O–H groups in total. The molecule has 4 rings (SSSR count). The predicted octanol–water partition coefficient (Wildman–Crippen LogP) is 2.58. The summed E-state index contributed by atoms with van der Waals surface area (Å²) in [4.78, 5) is 16.5. The number of nitrogens with zero attached hydrogens (tertiary/aromatic N) is 4. The minimum atomic E-state index is -0.0551. The molecule has 0 radical (unpaired) electrons. The monoisotopic (exact) mass is 333 g/mol. The number of aliphatic imine (C=N–C) groups is 1. The van der Waals surface area contributed by atoms with E-state index in [0.717, 1.165) is 11.3 Å². The van der Waals surface area contributed by atoms with E-state index in [1.54, 1.807) is 0 Å². The van der Waals surface area contributed by atoms with Crippen molar-refractivity contribution in [2.24, 2.45) is 4.99 Å². The second-order valence-electron chi connectivity index (χ2n) is 5.48. The maximum atomic E-state index is 12.1. The number of aromatic nitrogens is 2. The molecule has 2 aromatic carbocycles. The van der Waals surface area contributed by atoms with Crippen molar-refractivity contribution in [3.8, 4) is 11.5 Å². The molecular formula is C18H15N5O2. The van der Waals surface area contributed by atoms with Gasteiger partial charge in [0.15, 0.2) is 0 Å². The Morgan fingerprint density at radius 2 is 1.76 bits per heavy atom. The van der Waals surface area contributed by atoms with E-state index >= 15 is 0 Å². The number of anilines is 1. The van der Waals surface area contributed by atoms with Gasteiger partial charge in [0.25, 0.3) is 5.91 Å². The van der Waals surface area contributed by atoms with Crippen molar-refractivity contribution < 1.29 is 9.21 Å². The summed E-state index contributed by atoms with van der Waals surface area (Å²) in [6, 6.07) is 18.9. The van der Waals surface area contributed by atoms with E-state index in [-0.39, 0.29) is 18.9 Å². The van der Waals surface area contributed by atoms with Crippen molar-refractivity contribution in [1.82, 2.24) is 15.6 Å². The fraction of sp³-hybridized carbons (Fsp3) is 0.111. The number of carbonyl (C=O) groups excluding carboxylic acids is 1. The highest BCUT2D eigenvalue weighted by molar-refractivity contribution is 6.13. The van der Waals surface area contributed by atoms with Crippen LogP contribution in [0.3, 0.4) is 0 Å². The first-order valence-electron chi connectivity index (χ1n) is 7.85. The van der Waals surface area contributed by atoms with Gasteiger partial charge >= 0.3 is 0 Å². The number of nitrogens with one attached hydrogen (secondary N) is 1. The molecule has 1 amide bonds. The largest absolute Gasteiger partial charge is 0.419 e. The van der Waals surface area contributed by atoms with Gasteiger partial charge in [-0.25, -0.2) is 5.01 Å². The Morgan fingerprint density at radius 3 is 2.52 bits per heavy atom. The van der Waals surface area contributed by atoms with Crippen molar-refractivity contribution in [2.45, 2.75) is 13.0 Å². The van der Waals surface area contributed by atoms with Gasteiger partial charge in [0.2, 0.25) is 11.8 Å². The summed E-state index contributed by atoms with van der Waals surface area (Å²) < 4.78 is 5.61. The van der Waals surface area contributed by atoms with E-state index in [0.29, 0.717) is 17.6 Å². The smallest absolute Gasteiger partial charge is 0.253 e. The Morgan fingerprint density at radius 1 is 1.04 bits per heavy atom. The van der Waals surface area contributed by atoms with Crippen LogP contribution in [0.2, 0.25) is 0 Å². The molecule has 0 atom stereocenters. The first-order chi connectivity index (χ1) is 12.3. The molecule has 1 saturated heterocycles. The van der Waals surface area contributed by atoms with Gasteiger partial charge in [-0.1, -0.05) is 36.4 Å². The fourth-order valence-corrected chi connectivity index (χ4v) is 2.51. The third-order valence-corrected chi connectivity index (χ3v) is 3.72. The maximum Gasteiger partial charge on any atom is 0.253 e. The van der Waals surface area contributed by atoms with Crippen LogP contribution >= 0.6 is 0 Å². The molecule has 0 aliphatic carbocycles. The van der Waals surface area contributed by atoms with Crippen LogP contribution in [0, 0.1) is 0 Å². The van der Waals surface area contributed by atoms with Gasteiger partial charge in [0.1, 0.15) is 12.4 Å². The number of hydrogen-bond donors (Lipinski definition) is 1. The quantitative estimate of drug-likeness (QED) is 0.793. The summed E-state index contributed by atoms with van der Waals surface area (Å²) >= 11 is 0. The number of hydrazine groups is 1. The summed E-state index contributed by atoms with van der Waals surface area (Å²) in [6.45, 7) is 0.220. The molecule has 1 fully saturated rings. The van der Waals surface area contributed by atoms with E-state index in [9.17, 15) is 4.79 Å². The van der Waals surface area contributed by atoms with Gasteiger partial charge < -0.3 is 4.42 Å². The zero-order valence-corrected chi connectivity index (χ0v) is 13.3. The second kappa shape index (κ2) is 6.56. The van der Waals surface area contributed by atoms with E-state index < -0.39 is 0 Å². The van der Waals surface area contributed by atoms with E-state index in [4.69, 9.17) is 4.42 Å². The van der Waals surface area contributed by atoms with Crippen LogP contribution in [0.15, 0.2) is 70.1 Å². The van der Waals surface area contributed by atoms with Crippen molar-refractivity contribution in [3.05, 3.63) is 66.6 Å². The van der Waals surface area contributed by atoms with Crippen LogP contribution in [0.1, 0.15) is 12.3 Å². The van der Waals surface area contributed by atoms with Gasteiger partial charge in [-0.3, -0.25) is 15.2 Å². The van der Waals surface area contributed by atoms with Crippen LogP contribution in [0.4, 0.5) is 5.69 Å². The molecular weight excluding hydrogens is 318 g/mol. The molecule has 124 valence electrons. The number of hydrogen-bond acceptors (Lipinski definition) is 5. The number of benzene rings is 2. The molecule has 0 saturated carbocycles. The Labute approximate surface area is 144 Å². The highest BCUT2D eigenvalue weighted by atomic mass is 16.4. The summed E-state index contributed by atoms with van der Waals surface area (Å²) in [5, 5.41) is 9.51. The average molecular weight is 333 g/mol. The lowest BCUT2D eigenvalue weighted by atomic mass is 10.2. The molecule has 7 nitrogen and oxygen atoms in total. The van der Waals surface area contributed by atoms with Crippen LogP contribution in [0.25, 0.3) is 11.5 Å². The summed E-state index contributed by atoms with van der Waals surface area (Å²) in [7, 11) is 0. The molecule has 0 unspecified atom stereocenters. The van der Waals surface area contributed by atoms with Gasteiger partial charge in [-0.15, -0.1) is 10.2 Å². The highest BCUT2D eigenvalue weighted by Crippen LogP contribution is 2.18. The van der Waals surface area contributed by atoms with Gasteiger partial charge in [0.05, 0.1) is 12.1 Å². The minimum Gasteiger partial charge on any atom is -0.419 e. The molecule has 0 bridgehead atoms. The van der Waals surface area contributed by atoms with E-state index in [1.807, 2.05) is 60.7 Å². The Balaban J connectivity index is 1.45. The van der Waals surface area contributed by atoms with Gasteiger partial charge in [-0.2, -0.15) is 0 Å². The van der Waals surface area contributed by atoms with Gasteiger partial charge in [0, 0.05) is 5.56 Å². The SMILES string of the molecule is O=C1CC(=NCc2nnc(-c3ccccc3)o2)NN1c1ccccc1. The zero-order valence-electron chi connectivity index (χ0n) is 13.3. The number of rotatable bonds is 4. The summed E-state index contributed by atoms with van der Waals surface area (Å²) in [5.41, 5.74) is 4.65. The number of amidine groups is 1. The predicted molar refractivity (Wildman–Crippen MR) is 92.6 cm³/mol. The lowest BCUT2D eigenvalue weighted by Crippen LogP contribution is -2.35. The second-order valence-corrected chi connectivity index (χ2v) is 5.48. The van der Waals surface area contributed by atoms with Crippen LogP contribution in [0.5, 0.6) is 0 Å². The van der Waals surface area contributed by atoms with Crippen molar-refractivity contribution >= 4 is 17.4 Å². The van der Waals surface area contributed by atoms with Crippen molar-refractivity contribution in [3.63, 3.8) is 0 Å². The maximum absolute atomic E-state index is 12.1. The zero-order chi connectivity index (χ0) is 17.1. The first kappa shape index (κ1) is 15.1. The average Bonchev–Trinajstić information content (AvgIpc) is 3.28. The lowest BCUT2D eigenvalue weighted by molar-refractivity contribution is -0.116. The summed E-state index contributed by atoms with van der Waals surface area (Å²) in [6.07, 6.45) is 0.217. The number of amides is 1. The summed E-state index contributed by atoms with van der Waals surface area (Å²) in [5.74, 6) is 1.38. The van der Waals surface area contributed by atoms with E-state index in [1.165, 1.54) is 5.01 Å². The molecule has 3 aromatic rings. The van der Waals surface area contributed by atoms with Crippen LogP contribution in [-0.4, -0.2) is 21.9 Å². The Kier molecular flexibility index (Phi) is 3.96. The Hall–Kier alpha value is -3.48. The van der Waals surface area contributed by atoms with Crippen molar-refractivity contribution in [2.75, 3.05) is 5.01 Å². The third-order valence-electron chi connectivity index (χ3n) is 3.72. The third kappa shape index (κ3) is 3.25. The molecule has 1 aromatic heterocycles. The molecule has 25 heavy (non-hydrogen) atoms. The molecule has 7 heteroatoms. The number of para-hydroxylation sites is 1. The molecule has 1 aliphatic rings. The van der Waals surface area contributed by atoms with Crippen LogP contribution in [-0.2, 0) is 11.3 Å². The minimum absolute atomic E-state index is 0.0551. The standard InChI is InChI=1S/C18H15N5O2/c24-17-11-15(22-23(17)14-9-5-2-6-10-14)19-12-16-20-21-18(25-16)13-7-3-1-4-8-13/h1-10H,11-12H2,(H,19,22). The van der Waals surface area contributed by atoms with Gasteiger partial charge in [-0.05, 0) is 24.3 Å². The molecule has 0 spiro atoms. The topological polar surface area (TPSA) is 83.6 Å². The fourth-order valence-electron chi connectivity index (χ4n) is 2.51.